The van der Waals surface area contributed by atoms with E-state index < -0.39 is 17.8 Å². The van der Waals surface area contributed by atoms with Crippen molar-refractivity contribution in [2.45, 2.75) is 19.0 Å². The monoisotopic (exact) mass is 529 g/mol. The Morgan fingerprint density at radius 3 is 2.05 bits per heavy atom. The van der Waals surface area contributed by atoms with Crippen molar-refractivity contribution >= 4 is 34.8 Å². The van der Waals surface area contributed by atoms with Gasteiger partial charge in [-0.1, -0.05) is 66.2 Å². The summed E-state index contributed by atoms with van der Waals surface area (Å²) in [5.74, 6) is -1.06. The molecule has 4 rings (SSSR count). The molecule has 0 aliphatic carbocycles. The molecule has 2 amide bonds. The van der Waals surface area contributed by atoms with E-state index in [0.717, 1.165) is 16.8 Å². The van der Waals surface area contributed by atoms with Gasteiger partial charge in [0.25, 0.3) is 5.91 Å². The van der Waals surface area contributed by atoms with Crippen molar-refractivity contribution < 1.29 is 14.0 Å². The van der Waals surface area contributed by atoms with E-state index in [9.17, 15) is 14.0 Å². The summed E-state index contributed by atoms with van der Waals surface area (Å²) >= 11 is 6.08. The van der Waals surface area contributed by atoms with Gasteiger partial charge in [-0.05, 0) is 65.2 Å². The molecule has 1 N–H and O–H groups in total. The molecular weight excluding hydrogens is 501 g/mol. The number of nitrogens with zero attached hydrogens (tertiary/aromatic N) is 2. The molecule has 0 radical (unpaired) electrons. The van der Waals surface area contributed by atoms with E-state index in [0.29, 0.717) is 16.3 Å². The van der Waals surface area contributed by atoms with Crippen LogP contribution >= 0.6 is 11.6 Å². The van der Waals surface area contributed by atoms with Crippen LogP contribution in [0.15, 0.2) is 103 Å². The number of amides is 2. The number of nitrogens with one attached hydrogen (secondary N) is 1. The highest BCUT2D eigenvalue weighted by molar-refractivity contribution is 6.30. The molecule has 0 heterocycles. The maximum Gasteiger partial charge on any atom is 0.251 e. The van der Waals surface area contributed by atoms with Crippen LogP contribution in [0, 0.1) is 5.82 Å². The van der Waals surface area contributed by atoms with Crippen molar-refractivity contribution in [2.75, 3.05) is 24.3 Å². The molecule has 38 heavy (non-hydrogen) atoms. The summed E-state index contributed by atoms with van der Waals surface area (Å²) in [6.07, 6.45) is 0.108. The Balaban J connectivity index is 1.71. The van der Waals surface area contributed by atoms with Crippen LogP contribution in [0.4, 0.5) is 15.8 Å². The third kappa shape index (κ3) is 6.99. The van der Waals surface area contributed by atoms with E-state index in [-0.39, 0.29) is 18.9 Å². The third-order valence-electron chi connectivity index (χ3n) is 6.18. The molecule has 0 saturated carbocycles. The van der Waals surface area contributed by atoms with Crippen molar-refractivity contribution in [1.29, 1.82) is 0 Å². The number of anilines is 2. The van der Waals surface area contributed by atoms with Gasteiger partial charge in [0.2, 0.25) is 5.91 Å². The molecule has 1 unspecified atom stereocenters. The molecule has 194 valence electrons. The molecule has 0 bridgehead atoms. The molecule has 1 atom stereocenters. The van der Waals surface area contributed by atoms with Crippen molar-refractivity contribution in [3.8, 4) is 0 Å². The minimum absolute atomic E-state index is 0.108. The summed E-state index contributed by atoms with van der Waals surface area (Å²) in [7, 11) is 3.87. The summed E-state index contributed by atoms with van der Waals surface area (Å²) in [4.78, 5) is 31.1. The molecule has 4 aromatic carbocycles. The lowest BCUT2D eigenvalue weighted by Crippen LogP contribution is -2.41. The lowest BCUT2D eigenvalue weighted by Gasteiger charge is -2.32. The Bertz CT molecular complexity index is 1360. The first-order chi connectivity index (χ1) is 18.3. The topological polar surface area (TPSA) is 52.7 Å². The van der Waals surface area contributed by atoms with E-state index in [1.807, 2.05) is 85.7 Å². The largest absolute Gasteiger partial charge is 0.378 e. The zero-order valence-electron chi connectivity index (χ0n) is 21.3. The van der Waals surface area contributed by atoms with Crippen LogP contribution in [-0.4, -0.2) is 30.8 Å². The highest BCUT2D eigenvalue weighted by Gasteiger charge is 2.32. The van der Waals surface area contributed by atoms with Crippen LogP contribution in [0.3, 0.4) is 0 Å². The summed E-state index contributed by atoms with van der Waals surface area (Å²) in [5, 5.41) is 3.52. The first-order valence-electron chi connectivity index (χ1n) is 12.2. The maximum atomic E-state index is 13.8. The Kier molecular flexibility index (Phi) is 8.77. The summed E-state index contributed by atoms with van der Waals surface area (Å²) < 4.78 is 13.8. The van der Waals surface area contributed by atoms with E-state index >= 15 is 0 Å². The van der Waals surface area contributed by atoms with Gasteiger partial charge >= 0.3 is 0 Å². The number of rotatable bonds is 9. The SMILES string of the molecule is CN(C)c1ccc(NC(=O)C(c2ccc(F)cc2)N(Cc2ccc(Cl)cc2)C(=O)Cc2ccccc2)cc1. The molecule has 5 nitrogen and oxygen atoms in total. The van der Waals surface area contributed by atoms with Crippen LogP contribution in [0.2, 0.25) is 5.02 Å². The van der Waals surface area contributed by atoms with Gasteiger partial charge in [-0.3, -0.25) is 9.59 Å². The lowest BCUT2D eigenvalue weighted by atomic mass is 10.0. The second kappa shape index (κ2) is 12.4. The smallest absolute Gasteiger partial charge is 0.251 e. The predicted octanol–water partition coefficient (Wildman–Crippen LogP) is 6.50. The minimum atomic E-state index is -1.00. The first-order valence-corrected chi connectivity index (χ1v) is 12.6. The molecule has 0 fully saturated rings. The Morgan fingerprint density at radius 2 is 1.45 bits per heavy atom. The van der Waals surface area contributed by atoms with E-state index in [1.54, 1.807) is 24.3 Å². The van der Waals surface area contributed by atoms with E-state index in [1.165, 1.54) is 17.0 Å². The highest BCUT2D eigenvalue weighted by atomic mass is 35.5. The predicted molar refractivity (Wildman–Crippen MR) is 151 cm³/mol. The number of hydrogen-bond donors (Lipinski definition) is 1. The molecule has 0 aliphatic heterocycles. The van der Waals surface area contributed by atoms with E-state index in [4.69, 9.17) is 11.6 Å². The molecule has 0 aromatic heterocycles. The van der Waals surface area contributed by atoms with Gasteiger partial charge in [-0.15, -0.1) is 0 Å². The van der Waals surface area contributed by atoms with Crippen LogP contribution in [0.1, 0.15) is 22.7 Å². The van der Waals surface area contributed by atoms with Crippen molar-refractivity contribution in [3.05, 3.63) is 131 Å². The second-order valence-corrected chi connectivity index (χ2v) is 9.63. The van der Waals surface area contributed by atoms with Crippen LogP contribution in [0.25, 0.3) is 0 Å². The van der Waals surface area contributed by atoms with Crippen molar-refractivity contribution in [1.82, 2.24) is 4.90 Å². The second-order valence-electron chi connectivity index (χ2n) is 9.20. The Hall–Kier alpha value is -4.16. The summed E-state index contributed by atoms with van der Waals surface area (Å²) in [5.41, 5.74) is 3.72. The first kappa shape index (κ1) is 26.9. The fourth-order valence-electron chi connectivity index (χ4n) is 4.15. The van der Waals surface area contributed by atoms with Crippen molar-refractivity contribution in [2.24, 2.45) is 0 Å². The fraction of sp³-hybridized carbons (Fsp3) is 0.161. The average molecular weight is 530 g/mol. The van der Waals surface area contributed by atoms with Crippen molar-refractivity contribution in [3.63, 3.8) is 0 Å². The average Bonchev–Trinajstić information content (AvgIpc) is 2.91. The van der Waals surface area contributed by atoms with Crippen LogP contribution in [0.5, 0.6) is 0 Å². The lowest BCUT2D eigenvalue weighted by molar-refractivity contribution is -0.139. The summed E-state index contributed by atoms with van der Waals surface area (Å²) in [6.45, 7) is 0.165. The number of benzene rings is 4. The van der Waals surface area contributed by atoms with Gasteiger partial charge in [0.15, 0.2) is 0 Å². The zero-order chi connectivity index (χ0) is 27.1. The zero-order valence-corrected chi connectivity index (χ0v) is 22.0. The molecule has 0 aliphatic rings. The maximum absolute atomic E-state index is 13.8. The number of halogens is 2. The van der Waals surface area contributed by atoms with E-state index in [2.05, 4.69) is 5.32 Å². The van der Waals surface area contributed by atoms with Gasteiger partial charge in [0, 0.05) is 37.0 Å². The van der Waals surface area contributed by atoms with Gasteiger partial charge < -0.3 is 15.1 Å². The Labute approximate surface area is 227 Å². The molecule has 0 saturated heterocycles. The standard InChI is InChI=1S/C31H29ClFN3O2/c1-35(2)28-18-16-27(17-19-28)34-31(38)30(24-10-14-26(33)15-11-24)36(21-23-8-12-25(32)13-9-23)29(37)20-22-6-4-3-5-7-22/h3-19,30H,20-21H2,1-2H3,(H,34,38). The molecule has 0 spiro atoms. The number of carbonyl (C=O) groups excluding carboxylic acids is 2. The number of hydrogen-bond acceptors (Lipinski definition) is 3. The molecular formula is C31H29ClFN3O2. The van der Waals surface area contributed by atoms with Gasteiger partial charge in [0.1, 0.15) is 11.9 Å². The van der Waals surface area contributed by atoms with Crippen LogP contribution < -0.4 is 10.2 Å². The molecule has 4 aromatic rings. The minimum Gasteiger partial charge on any atom is -0.378 e. The van der Waals surface area contributed by atoms with Gasteiger partial charge in [-0.25, -0.2) is 4.39 Å². The highest BCUT2D eigenvalue weighted by Crippen LogP contribution is 2.27. The molecule has 7 heteroatoms. The van der Waals surface area contributed by atoms with Gasteiger partial charge in [0.05, 0.1) is 6.42 Å². The third-order valence-corrected chi connectivity index (χ3v) is 6.43. The summed E-state index contributed by atoms with van der Waals surface area (Å²) in [6, 6.07) is 28.6. The fourth-order valence-corrected chi connectivity index (χ4v) is 4.28. The normalized spacial score (nSPS) is 11.5. The Morgan fingerprint density at radius 1 is 0.816 bits per heavy atom. The number of carbonyl (C=O) groups is 2. The van der Waals surface area contributed by atoms with Crippen LogP contribution in [-0.2, 0) is 22.6 Å². The van der Waals surface area contributed by atoms with Gasteiger partial charge in [-0.2, -0.15) is 0 Å². The quantitative estimate of drug-likeness (QED) is 0.269.